The van der Waals surface area contributed by atoms with Crippen LogP contribution in [0.4, 0.5) is 0 Å². The summed E-state index contributed by atoms with van der Waals surface area (Å²) in [5.74, 6) is 0. The fraction of sp³-hybridized carbons (Fsp3) is 0.0755. The molecule has 0 aliphatic heterocycles. The third-order valence-electron chi connectivity index (χ3n) is 20.6. The fourth-order valence-electron chi connectivity index (χ4n) is 14.6. The van der Waals surface area contributed by atoms with Crippen LogP contribution in [-0.4, -0.2) is 13.7 Å². The van der Waals surface area contributed by atoms with E-state index >= 15 is 0 Å². The molecule has 0 fully saturated rings. The second kappa shape index (κ2) is 33.3. The summed E-state index contributed by atoms with van der Waals surface area (Å²) in [6, 6.07) is 116. The predicted molar refractivity (Wildman–Crippen MR) is 487 cm³/mol. The molecule has 0 atom stereocenters. The summed E-state index contributed by atoms with van der Waals surface area (Å²) in [6.07, 6.45) is 26.5. The van der Waals surface area contributed by atoms with Crippen molar-refractivity contribution in [3.63, 3.8) is 0 Å². The van der Waals surface area contributed by atoms with Crippen molar-refractivity contribution in [3.8, 4) is 5.69 Å². The molecule has 18 aromatic rings. The third-order valence-corrected chi connectivity index (χ3v) is 22.5. The van der Waals surface area contributed by atoms with Crippen LogP contribution in [-0.2, 0) is 13.1 Å². The second-order valence-electron chi connectivity index (χ2n) is 29.0. The zero-order valence-electron chi connectivity index (χ0n) is 63.6. The van der Waals surface area contributed by atoms with Crippen LogP contribution < -0.4 is 0 Å². The maximum absolute atomic E-state index is 2.46. The predicted octanol–water partition coefficient (Wildman–Crippen LogP) is 29.5. The molecule has 0 spiro atoms. The van der Waals surface area contributed by atoms with E-state index in [1.807, 2.05) is 22.7 Å². The van der Waals surface area contributed by atoms with E-state index in [0.717, 1.165) is 13.1 Å². The van der Waals surface area contributed by atoms with Gasteiger partial charge in [0, 0.05) is 81.6 Å². The normalized spacial score (nSPS) is 11.9. The Morgan fingerprint density at radius 3 is 0.820 bits per heavy atom. The summed E-state index contributed by atoms with van der Waals surface area (Å²) >= 11 is 3.65. The number of para-hydroxylation sites is 1. The van der Waals surface area contributed by atoms with E-state index in [1.54, 1.807) is 0 Å². The van der Waals surface area contributed by atoms with Gasteiger partial charge in [-0.25, -0.2) is 0 Å². The van der Waals surface area contributed by atoms with Crippen LogP contribution >= 0.6 is 22.7 Å². The summed E-state index contributed by atoms with van der Waals surface area (Å²) in [7, 11) is 0. The van der Waals surface area contributed by atoms with Gasteiger partial charge >= 0.3 is 0 Å². The highest BCUT2D eigenvalue weighted by atomic mass is 32.1. The standard InChI is InChI=1S/2C37H31N.C32H25NS2/c1-27-8-12-29(13-9-27)16-18-31-20-22-36-34(24-31)35-25-32(19-17-30-14-10-28(2)11-15-30)21-23-37(35)38(36)26-33-6-4-3-5-7-33;1-27-8-12-29(13-9-27)16-18-31-20-22-34-35-23-21-32(19-17-30-14-10-28(2)11-15-30)25-37(35)38(36(34)24-31)26-33-6-4-3-5-7-33;1-22-8-14-27(34-22)16-10-24-12-18-29-30-19-13-25(11-17-28-15-9-23(2)35-28)21-32(30)33(31(29)20-24)26-6-4-3-5-7-26/h2*3-25H,26H2,1-2H3;3-21H,1-2H3/b2*18-16+,19-17+;16-10+,17-11+. The van der Waals surface area contributed by atoms with E-state index in [9.17, 15) is 0 Å². The van der Waals surface area contributed by atoms with Gasteiger partial charge in [0.1, 0.15) is 0 Å². The number of fused-ring (bicyclic) bond motifs is 9. The Bertz CT molecular complexity index is 6170. The van der Waals surface area contributed by atoms with Gasteiger partial charge in [0.25, 0.3) is 0 Å². The monoisotopic (exact) mass is 1470 g/mol. The summed E-state index contributed by atoms with van der Waals surface area (Å²) in [4.78, 5) is 5.24. The Hall–Kier alpha value is -12.9. The van der Waals surface area contributed by atoms with Crippen molar-refractivity contribution in [2.45, 2.75) is 54.6 Å². The van der Waals surface area contributed by atoms with Gasteiger partial charge in [-0.05, 0) is 205 Å². The number of aryl methyl sites for hydroxylation is 6. The maximum Gasteiger partial charge on any atom is 0.0547 e. The van der Waals surface area contributed by atoms with Crippen LogP contribution in [0.2, 0.25) is 0 Å². The third kappa shape index (κ3) is 17.3. The van der Waals surface area contributed by atoms with E-state index in [-0.39, 0.29) is 0 Å². The molecule has 3 nitrogen and oxygen atoms in total. The molecule has 5 heterocycles. The minimum Gasteiger partial charge on any atom is -0.336 e. The van der Waals surface area contributed by atoms with Gasteiger partial charge in [0.2, 0.25) is 0 Å². The number of rotatable bonds is 17. The zero-order chi connectivity index (χ0) is 75.6. The molecule has 0 unspecified atom stereocenters. The molecule has 111 heavy (non-hydrogen) atoms. The Labute approximate surface area is 660 Å². The molecule has 0 aliphatic carbocycles. The molecule has 0 amide bonds. The first kappa shape index (κ1) is 72.3. The van der Waals surface area contributed by atoms with E-state index in [0.29, 0.717) is 0 Å². The highest BCUT2D eigenvalue weighted by molar-refractivity contribution is 7.13. The van der Waals surface area contributed by atoms with Crippen LogP contribution in [0.3, 0.4) is 0 Å². The van der Waals surface area contributed by atoms with Gasteiger partial charge in [0.15, 0.2) is 0 Å². The van der Waals surface area contributed by atoms with Crippen LogP contribution in [0.5, 0.6) is 0 Å². The summed E-state index contributed by atoms with van der Waals surface area (Å²) in [5.41, 5.74) is 28.5. The average Bonchev–Trinajstić information content (AvgIpc) is 1.61. The highest BCUT2D eigenvalue weighted by Crippen LogP contribution is 2.38. The SMILES string of the molecule is Cc1ccc(/C=C/c2ccc3c(c2)c2cc(/C=C/c4ccc(C)cc4)ccc2n3Cc2ccccc2)cc1.Cc1ccc(/C=C/c2ccc3c4ccc(/C=C/c5ccc(C)cc5)cc4n(Cc4ccccc4)c3c2)cc1.Cc1ccc(/C=C/c2ccc3c4ccc(/C=C/c5ccc(C)s5)cc4n(-c4ccccc4)c3c2)s1. The molecule has 0 bridgehead atoms. The van der Waals surface area contributed by atoms with Gasteiger partial charge in [0.05, 0.1) is 22.1 Å². The van der Waals surface area contributed by atoms with Crippen molar-refractivity contribution in [1.29, 1.82) is 0 Å². The molecule has 18 rings (SSSR count). The molecule has 13 aromatic carbocycles. The number of nitrogens with zero attached hydrogens (tertiary/aromatic N) is 3. The number of benzene rings is 13. The molecule has 0 aliphatic rings. The van der Waals surface area contributed by atoms with E-state index < -0.39 is 0 Å². The first-order valence-corrected chi connectivity index (χ1v) is 39.8. The largest absolute Gasteiger partial charge is 0.336 e. The first-order valence-electron chi connectivity index (χ1n) is 38.2. The molecular weight excluding hydrogens is 1380 g/mol. The molecule has 0 saturated heterocycles. The molecule has 5 heteroatoms. The Kier molecular flexibility index (Phi) is 21.7. The van der Waals surface area contributed by atoms with Gasteiger partial charge in [-0.2, -0.15) is 0 Å². The lowest BCUT2D eigenvalue weighted by Gasteiger charge is -2.09. The smallest absolute Gasteiger partial charge is 0.0547 e. The van der Waals surface area contributed by atoms with E-state index in [2.05, 4.69) is 450 Å². The van der Waals surface area contributed by atoms with Crippen molar-refractivity contribution in [2.75, 3.05) is 0 Å². The second-order valence-corrected chi connectivity index (χ2v) is 31.7. The lowest BCUT2D eigenvalue weighted by atomic mass is 10.0. The Morgan fingerprint density at radius 2 is 0.486 bits per heavy atom. The summed E-state index contributed by atoms with van der Waals surface area (Å²) < 4.78 is 7.30. The Balaban J connectivity index is 0.000000126. The summed E-state index contributed by atoms with van der Waals surface area (Å²) in [5, 5.41) is 7.70. The number of hydrogen-bond donors (Lipinski definition) is 0. The number of hydrogen-bond acceptors (Lipinski definition) is 2. The van der Waals surface area contributed by atoms with Gasteiger partial charge < -0.3 is 13.7 Å². The van der Waals surface area contributed by atoms with Gasteiger partial charge in [-0.3, -0.25) is 0 Å². The number of aromatic nitrogens is 3. The minimum atomic E-state index is 0.830. The molecule has 5 aromatic heterocycles. The quantitative estimate of drug-likeness (QED) is 0.0807. The number of thiophene rings is 2. The maximum atomic E-state index is 2.46. The van der Waals surface area contributed by atoms with Crippen molar-refractivity contribution < 1.29 is 0 Å². The molecule has 538 valence electrons. The van der Waals surface area contributed by atoms with Crippen molar-refractivity contribution in [2.24, 2.45) is 0 Å². The molecule has 0 radical (unpaired) electrons. The van der Waals surface area contributed by atoms with Crippen molar-refractivity contribution >= 4 is 161 Å². The zero-order valence-corrected chi connectivity index (χ0v) is 65.2. The average molecular weight is 1470 g/mol. The van der Waals surface area contributed by atoms with E-state index in [1.165, 1.54) is 180 Å². The van der Waals surface area contributed by atoms with Crippen LogP contribution in [0.15, 0.2) is 322 Å². The first-order chi connectivity index (χ1) is 54.4. The Morgan fingerprint density at radius 1 is 0.216 bits per heavy atom. The van der Waals surface area contributed by atoms with Crippen LogP contribution in [0, 0.1) is 41.5 Å². The van der Waals surface area contributed by atoms with Crippen molar-refractivity contribution in [1.82, 2.24) is 13.7 Å². The van der Waals surface area contributed by atoms with Gasteiger partial charge in [-0.15, -0.1) is 22.7 Å². The minimum absolute atomic E-state index is 0.830. The van der Waals surface area contributed by atoms with Crippen LogP contribution in [0.25, 0.3) is 144 Å². The highest BCUT2D eigenvalue weighted by Gasteiger charge is 2.17. The van der Waals surface area contributed by atoms with E-state index in [4.69, 9.17) is 0 Å². The fourth-order valence-corrected chi connectivity index (χ4v) is 16.2. The topological polar surface area (TPSA) is 14.8 Å². The molecule has 0 saturated carbocycles. The molecular formula is C106H87N3S2. The lowest BCUT2D eigenvalue weighted by Crippen LogP contribution is -1.99. The molecule has 0 N–H and O–H groups in total. The summed E-state index contributed by atoms with van der Waals surface area (Å²) in [6.45, 7) is 14.5. The van der Waals surface area contributed by atoms with Crippen molar-refractivity contribution in [3.05, 3.63) is 430 Å². The van der Waals surface area contributed by atoms with Crippen LogP contribution in [0.1, 0.15) is 109 Å². The lowest BCUT2D eigenvalue weighted by molar-refractivity contribution is 0.869. The van der Waals surface area contributed by atoms with Gasteiger partial charge in [-0.1, -0.05) is 320 Å².